The Hall–Kier alpha value is -0.120. The quantitative estimate of drug-likeness (QED) is 0.642. The maximum absolute atomic E-state index is 5.28. The van der Waals surface area contributed by atoms with Gasteiger partial charge in [0.25, 0.3) is 0 Å². The Morgan fingerprint density at radius 2 is 2.22 bits per heavy atom. The lowest BCUT2D eigenvalue weighted by molar-refractivity contribution is 0.0897. The van der Waals surface area contributed by atoms with Gasteiger partial charge in [0.15, 0.2) is 0 Å². The highest BCUT2D eigenvalue weighted by Crippen LogP contribution is 2.17. The van der Waals surface area contributed by atoms with Crippen molar-refractivity contribution < 1.29 is 4.74 Å². The first-order chi connectivity index (χ1) is 8.76. The molecule has 2 unspecified atom stereocenters. The number of rotatable bonds is 9. The van der Waals surface area contributed by atoms with Crippen LogP contribution < -0.4 is 5.32 Å². The van der Waals surface area contributed by atoms with E-state index in [-0.39, 0.29) is 0 Å². The van der Waals surface area contributed by atoms with Crippen molar-refractivity contribution >= 4 is 0 Å². The minimum atomic E-state index is 0.678. The third kappa shape index (κ3) is 6.72. The number of unbranched alkanes of at least 4 members (excludes halogenated alkanes) is 1. The lowest BCUT2D eigenvalue weighted by atomic mass is 9.98. The molecule has 0 aromatic carbocycles. The van der Waals surface area contributed by atoms with Gasteiger partial charge in [-0.2, -0.15) is 0 Å². The van der Waals surface area contributed by atoms with Crippen molar-refractivity contribution in [1.29, 1.82) is 0 Å². The fourth-order valence-electron chi connectivity index (χ4n) is 2.96. The number of piperidine rings is 1. The van der Waals surface area contributed by atoms with Gasteiger partial charge in [-0.1, -0.05) is 13.3 Å². The normalized spacial score (nSPS) is 23.2. The van der Waals surface area contributed by atoms with Crippen LogP contribution in [0.25, 0.3) is 0 Å². The van der Waals surface area contributed by atoms with E-state index in [2.05, 4.69) is 24.1 Å². The fraction of sp³-hybridized carbons (Fsp3) is 1.00. The maximum Gasteiger partial charge on any atom is 0.0502 e. The van der Waals surface area contributed by atoms with Gasteiger partial charge in [-0.25, -0.2) is 0 Å². The van der Waals surface area contributed by atoms with E-state index >= 15 is 0 Å². The number of nitrogens with zero attached hydrogens (tertiary/aromatic N) is 1. The zero-order valence-electron chi connectivity index (χ0n) is 12.6. The average Bonchev–Trinajstić information content (AvgIpc) is 2.36. The average molecular weight is 256 g/mol. The number of ether oxygens (including phenoxy) is 1. The molecular formula is C15H32N2O. The highest BCUT2D eigenvalue weighted by molar-refractivity contribution is 4.72. The van der Waals surface area contributed by atoms with Gasteiger partial charge in [0.2, 0.25) is 0 Å². The molecule has 0 saturated carbocycles. The van der Waals surface area contributed by atoms with Crippen molar-refractivity contribution in [3.8, 4) is 0 Å². The Morgan fingerprint density at radius 3 is 2.94 bits per heavy atom. The molecule has 0 aromatic rings. The summed E-state index contributed by atoms with van der Waals surface area (Å²) in [6.45, 7) is 10.3. The number of likely N-dealkylation sites (tertiary alicyclic amines) is 1. The first-order valence-electron chi connectivity index (χ1n) is 7.71. The first kappa shape index (κ1) is 15.9. The van der Waals surface area contributed by atoms with Crippen LogP contribution in [0.5, 0.6) is 0 Å². The molecule has 1 saturated heterocycles. The molecule has 0 aromatic heterocycles. The molecule has 1 heterocycles. The topological polar surface area (TPSA) is 24.5 Å². The molecule has 1 N–H and O–H groups in total. The number of hydrogen-bond donors (Lipinski definition) is 1. The predicted molar refractivity (Wildman–Crippen MR) is 78.0 cm³/mol. The van der Waals surface area contributed by atoms with Gasteiger partial charge >= 0.3 is 0 Å². The summed E-state index contributed by atoms with van der Waals surface area (Å²) in [6.07, 6.45) is 6.70. The zero-order valence-corrected chi connectivity index (χ0v) is 12.6. The summed E-state index contributed by atoms with van der Waals surface area (Å²) in [7, 11) is 1.82. The molecule has 1 fully saturated rings. The number of hydrogen-bond acceptors (Lipinski definition) is 3. The Morgan fingerprint density at radius 1 is 1.39 bits per heavy atom. The van der Waals surface area contributed by atoms with E-state index in [0.717, 1.165) is 19.1 Å². The predicted octanol–water partition coefficient (Wildman–Crippen LogP) is 2.51. The minimum Gasteiger partial charge on any atom is -0.384 e. The summed E-state index contributed by atoms with van der Waals surface area (Å²) < 4.78 is 5.28. The smallest absolute Gasteiger partial charge is 0.0502 e. The minimum absolute atomic E-state index is 0.678. The van der Waals surface area contributed by atoms with Crippen LogP contribution in [0.2, 0.25) is 0 Å². The second kappa shape index (κ2) is 9.76. The van der Waals surface area contributed by atoms with Crippen LogP contribution in [0, 0.1) is 5.92 Å². The van der Waals surface area contributed by atoms with Crippen molar-refractivity contribution in [3.63, 3.8) is 0 Å². The van der Waals surface area contributed by atoms with Crippen LogP contribution >= 0.6 is 0 Å². The third-order valence-corrected chi connectivity index (χ3v) is 3.92. The second-order valence-electron chi connectivity index (χ2n) is 5.72. The van der Waals surface area contributed by atoms with Crippen LogP contribution in [0.1, 0.15) is 46.0 Å². The van der Waals surface area contributed by atoms with Crippen LogP contribution in [0.4, 0.5) is 0 Å². The second-order valence-corrected chi connectivity index (χ2v) is 5.72. The highest BCUT2D eigenvalue weighted by atomic mass is 16.5. The van der Waals surface area contributed by atoms with Crippen LogP contribution in [0.3, 0.4) is 0 Å². The van der Waals surface area contributed by atoms with E-state index in [0.29, 0.717) is 6.04 Å². The molecule has 0 aliphatic carbocycles. The maximum atomic E-state index is 5.28. The van der Waals surface area contributed by atoms with Gasteiger partial charge in [-0.3, -0.25) is 0 Å². The lowest BCUT2D eigenvalue weighted by Gasteiger charge is -2.32. The summed E-state index contributed by atoms with van der Waals surface area (Å²) >= 11 is 0. The van der Waals surface area contributed by atoms with Crippen LogP contribution in [0.15, 0.2) is 0 Å². The molecule has 1 rings (SSSR count). The van der Waals surface area contributed by atoms with E-state index in [4.69, 9.17) is 4.74 Å². The molecule has 1 aliphatic rings. The molecule has 0 radical (unpaired) electrons. The molecular weight excluding hydrogens is 224 g/mol. The van der Waals surface area contributed by atoms with Crippen molar-refractivity contribution in [2.45, 2.75) is 52.0 Å². The summed E-state index contributed by atoms with van der Waals surface area (Å²) in [5, 5.41) is 3.48. The Labute approximate surface area is 113 Å². The molecule has 3 nitrogen and oxygen atoms in total. The largest absolute Gasteiger partial charge is 0.384 e. The molecule has 2 atom stereocenters. The SMILES string of the molecule is CCNC(C)CCCCN1CCCC(COC)C1. The summed E-state index contributed by atoms with van der Waals surface area (Å²) in [5.74, 6) is 0.768. The van der Waals surface area contributed by atoms with E-state index in [1.54, 1.807) is 0 Å². The fourth-order valence-corrected chi connectivity index (χ4v) is 2.96. The van der Waals surface area contributed by atoms with E-state index in [1.165, 1.54) is 51.7 Å². The molecule has 0 amide bonds. The molecule has 1 aliphatic heterocycles. The van der Waals surface area contributed by atoms with Crippen molar-refractivity contribution in [1.82, 2.24) is 10.2 Å². The van der Waals surface area contributed by atoms with Crippen LogP contribution in [-0.4, -0.2) is 50.8 Å². The van der Waals surface area contributed by atoms with Gasteiger partial charge in [-0.15, -0.1) is 0 Å². The van der Waals surface area contributed by atoms with Crippen molar-refractivity contribution in [2.24, 2.45) is 5.92 Å². The van der Waals surface area contributed by atoms with E-state index in [1.807, 2.05) is 7.11 Å². The standard InChI is InChI=1S/C15H32N2O/c1-4-16-14(2)8-5-6-10-17-11-7-9-15(12-17)13-18-3/h14-16H,4-13H2,1-3H3. The third-order valence-electron chi connectivity index (χ3n) is 3.92. The molecule has 0 bridgehead atoms. The van der Waals surface area contributed by atoms with Gasteiger partial charge in [0.1, 0.15) is 0 Å². The van der Waals surface area contributed by atoms with E-state index < -0.39 is 0 Å². The molecule has 3 heteroatoms. The molecule has 108 valence electrons. The summed E-state index contributed by atoms with van der Waals surface area (Å²) in [5.41, 5.74) is 0. The Balaban J connectivity index is 2.04. The van der Waals surface area contributed by atoms with Gasteiger partial charge in [-0.05, 0) is 58.2 Å². The van der Waals surface area contributed by atoms with Gasteiger partial charge in [0.05, 0.1) is 6.61 Å². The highest BCUT2D eigenvalue weighted by Gasteiger charge is 2.19. The zero-order chi connectivity index (χ0) is 13.2. The van der Waals surface area contributed by atoms with Crippen molar-refractivity contribution in [3.05, 3.63) is 0 Å². The monoisotopic (exact) mass is 256 g/mol. The first-order valence-corrected chi connectivity index (χ1v) is 7.71. The van der Waals surface area contributed by atoms with Gasteiger partial charge < -0.3 is 15.0 Å². The van der Waals surface area contributed by atoms with Crippen molar-refractivity contribution in [2.75, 3.05) is 39.9 Å². The lowest BCUT2D eigenvalue weighted by Crippen LogP contribution is -2.37. The van der Waals surface area contributed by atoms with Gasteiger partial charge in [0, 0.05) is 19.7 Å². The van der Waals surface area contributed by atoms with E-state index in [9.17, 15) is 0 Å². The summed E-state index contributed by atoms with van der Waals surface area (Å²) in [4.78, 5) is 2.63. The number of nitrogens with one attached hydrogen (secondary N) is 1. The molecule has 18 heavy (non-hydrogen) atoms. The molecule has 0 spiro atoms. The Bertz CT molecular complexity index is 197. The number of methoxy groups -OCH3 is 1. The van der Waals surface area contributed by atoms with Crippen LogP contribution in [-0.2, 0) is 4.74 Å². The Kier molecular flexibility index (Phi) is 8.64. The summed E-state index contributed by atoms with van der Waals surface area (Å²) in [6, 6.07) is 0.678.